The van der Waals surface area contributed by atoms with Crippen molar-refractivity contribution in [3.63, 3.8) is 0 Å². The summed E-state index contributed by atoms with van der Waals surface area (Å²) in [5, 5.41) is 16.8. The normalized spacial score (nSPS) is 10.1. The number of carbonyl (C=O) groups is 1. The molecule has 1 N–H and O–H groups in total. The quantitative estimate of drug-likeness (QED) is 0.584. The molecule has 0 saturated heterocycles. The average Bonchev–Trinajstić information content (AvgIpc) is 1.86. The predicted octanol–water partition coefficient (Wildman–Crippen LogP) is 1.18. The van der Waals surface area contributed by atoms with E-state index in [1.165, 1.54) is 13.8 Å². The van der Waals surface area contributed by atoms with Crippen molar-refractivity contribution in [1.29, 1.82) is 5.26 Å². The molecule has 0 fully saturated rings. The fourth-order valence-corrected chi connectivity index (χ4v) is 0.335. The van der Waals surface area contributed by atoms with Crippen LogP contribution in [0.3, 0.4) is 0 Å². The Hall–Kier alpha value is -1.30. The molecule has 3 heteroatoms. The van der Waals surface area contributed by atoms with Gasteiger partial charge in [0, 0.05) is 5.57 Å². The third kappa shape index (κ3) is 1.59. The van der Waals surface area contributed by atoms with Crippen molar-refractivity contribution in [2.24, 2.45) is 5.41 Å². The van der Waals surface area contributed by atoms with E-state index in [0.717, 1.165) is 0 Å². The summed E-state index contributed by atoms with van der Waals surface area (Å²) in [7, 11) is 0. The van der Waals surface area contributed by atoms with Crippen molar-refractivity contribution in [3.05, 3.63) is 12.2 Å². The Labute approximate surface area is 59.6 Å². The van der Waals surface area contributed by atoms with Crippen LogP contribution in [0.1, 0.15) is 13.8 Å². The van der Waals surface area contributed by atoms with Crippen LogP contribution in [-0.4, -0.2) is 11.1 Å². The molecule has 0 aromatic rings. The minimum absolute atomic E-state index is 0.0741. The molecule has 0 atom stereocenters. The molecule has 0 aromatic heterocycles. The number of hydrogen-bond acceptors (Lipinski definition) is 2. The van der Waals surface area contributed by atoms with Gasteiger partial charge in [-0.25, -0.2) is 4.79 Å². The molecule has 0 rings (SSSR count). The molecule has 0 spiro atoms. The van der Waals surface area contributed by atoms with Gasteiger partial charge in [0.05, 0.1) is 11.5 Å². The summed E-state index contributed by atoms with van der Waals surface area (Å²) in [6.07, 6.45) is 0. The van der Waals surface area contributed by atoms with Crippen LogP contribution in [0.4, 0.5) is 0 Å². The first kappa shape index (κ1) is 8.70. The van der Waals surface area contributed by atoms with Gasteiger partial charge in [-0.05, 0) is 13.8 Å². The highest BCUT2D eigenvalue weighted by Crippen LogP contribution is 2.22. The Bertz CT molecular complexity index is 210. The van der Waals surface area contributed by atoms with E-state index in [0.29, 0.717) is 0 Å². The smallest absolute Gasteiger partial charge is 0.332 e. The van der Waals surface area contributed by atoms with Gasteiger partial charge >= 0.3 is 5.97 Å². The predicted molar refractivity (Wildman–Crippen MR) is 36.2 cm³/mol. The Morgan fingerprint density at radius 3 is 2.20 bits per heavy atom. The maximum absolute atomic E-state index is 10.3. The Balaban J connectivity index is 4.54. The van der Waals surface area contributed by atoms with Crippen LogP contribution in [0.15, 0.2) is 12.2 Å². The highest BCUT2D eigenvalue weighted by atomic mass is 16.4. The van der Waals surface area contributed by atoms with Crippen molar-refractivity contribution in [2.45, 2.75) is 13.8 Å². The molecule has 0 aliphatic carbocycles. The lowest BCUT2D eigenvalue weighted by atomic mass is 9.87. The molecule has 0 saturated carbocycles. The molecule has 3 nitrogen and oxygen atoms in total. The molecular formula is C7H9NO2. The Morgan fingerprint density at radius 1 is 1.70 bits per heavy atom. The minimum atomic E-state index is -1.12. The summed E-state index contributed by atoms with van der Waals surface area (Å²) in [4.78, 5) is 10.3. The van der Waals surface area contributed by atoms with Gasteiger partial charge in [0.25, 0.3) is 0 Å². The summed E-state index contributed by atoms with van der Waals surface area (Å²) in [6.45, 7) is 6.31. The van der Waals surface area contributed by atoms with Crippen molar-refractivity contribution < 1.29 is 9.90 Å². The second-order valence-electron chi connectivity index (χ2n) is 2.52. The molecule has 54 valence electrons. The standard InChI is InChI=1S/C7H9NO2/c1-5(6(9)10)7(2,3)4-8/h1H2,2-3H3,(H,9,10). The number of carboxylic acids is 1. The van der Waals surface area contributed by atoms with Crippen molar-refractivity contribution >= 4 is 5.97 Å². The molecule has 0 heterocycles. The van der Waals surface area contributed by atoms with E-state index in [1.54, 1.807) is 0 Å². The van der Waals surface area contributed by atoms with Crippen molar-refractivity contribution in [1.82, 2.24) is 0 Å². The number of carboxylic acid groups (broad SMARTS) is 1. The van der Waals surface area contributed by atoms with Crippen LogP contribution in [0.5, 0.6) is 0 Å². The number of nitriles is 1. The fourth-order valence-electron chi connectivity index (χ4n) is 0.335. The second-order valence-corrected chi connectivity index (χ2v) is 2.52. The summed E-state index contributed by atoms with van der Waals surface area (Å²) >= 11 is 0. The Kier molecular flexibility index (Phi) is 2.20. The van der Waals surface area contributed by atoms with Crippen LogP contribution in [0, 0.1) is 16.7 Å². The monoisotopic (exact) mass is 139 g/mol. The third-order valence-electron chi connectivity index (χ3n) is 1.29. The van der Waals surface area contributed by atoms with E-state index in [4.69, 9.17) is 10.4 Å². The first-order chi connectivity index (χ1) is 4.41. The number of aliphatic carboxylic acids is 1. The lowest BCUT2D eigenvalue weighted by Crippen LogP contribution is -2.17. The maximum Gasteiger partial charge on any atom is 0.332 e. The molecule has 0 radical (unpaired) electrons. The summed E-state index contributed by atoms with van der Waals surface area (Å²) in [5.74, 6) is -1.12. The Morgan fingerprint density at radius 2 is 2.10 bits per heavy atom. The van der Waals surface area contributed by atoms with Crippen LogP contribution in [-0.2, 0) is 4.79 Å². The van der Waals surface area contributed by atoms with Gasteiger partial charge in [-0.2, -0.15) is 5.26 Å². The van der Waals surface area contributed by atoms with Gasteiger partial charge in [0.15, 0.2) is 0 Å². The summed E-state index contributed by atoms with van der Waals surface area (Å²) in [6, 6.07) is 1.84. The van der Waals surface area contributed by atoms with Crippen molar-refractivity contribution in [3.8, 4) is 6.07 Å². The highest BCUT2D eigenvalue weighted by molar-refractivity contribution is 5.87. The second kappa shape index (κ2) is 2.53. The highest BCUT2D eigenvalue weighted by Gasteiger charge is 2.25. The van der Waals surface area contributed by atoms with Crippen LogP contribution in [0.2, 0.25) is 0 Å². The summed E-state index contributed by atoms with van der Waals surface area (Å²) in [5.41, 5.74) is -1.04. The largest absolute Gasteiger partial charge is 0.478 e. The number of hydrogen-bond donors (Lipinski definition) is 1. The molecule has 0 aromatic carbocycles. The van der Waals surface area contributed by atoms with E-state index < -0.39 is 11.4 Å². The maximum atomic E-state index is 10.3. The zero-order valence-corrected chi connectivity index (χ0v) is 6.01. The lowest BCUT2D eigenvalue weighted by Gasteiger charge is -2.13. The topological polar surface area (TPSA) is 61.1 Å². The van der Waals surface area contributed by atoms with Gasteiger partial charge in [-0.3, -0.25) is 0 Å². The van der Waals surface area contributed by atoms with Gasteiger partial charge in [0.1, 0.15) is 0 Å². The van der Waals surface area contributed by atoms with E-state index in [1.807, 2.05) is 6.07 Å². The van der Waals surface area contributed by atoms with Crippen LogP contribution < -0.4 is 0 Å². The van der Waals surface area contributed by atoms with Gasteiger partial charge < -0.3 is 5.11 Å². The zero-order chi connectivity index (χ0) is 8.36. The molecular weight excluding hydrogens is 130 g/mol. The minimum Gasteiger partial charge on any atom is -0.478 e. The van der Waals surface area contributed by atoms with E-state index >= 15 is 0 Å². The van der Waals surface area contributed by atoms with Crippen LogP contribution in [0.25, 0.3) is 0 Å². The molecule has 0 bridgehead atoms. The average molecular weight is 139 g/mol. The fraction of sp³-hybridized carbons (Fsp3) is 0.429. The molecule has 0 aliphatic rings. The van der Waals surface area contributed by atoms with Crippen molar-refractivity contribution in [2.75, 3.05) is 0 Å². The molecule has 10 heavy (non-hydrogen) atoms. The van der Waals surface area contributed by atoms with E-state index in [-0.39, 0.29) is 5.57 Å². The van der Waals surface area contributed by atoms with Gasteiger partial charge in [-0.15, -0.1) is 0 Å². The number of nitrogens with zero attached hydrogens (tertiary/aromatic N) is 1. The van der Waals surface area contributed by atoms with Gasteiger partial charge in [-0.1, -0.05) is 6.58 Å². The first-order valence-electron chi connectivity index (χ1n) is 2.75. The SMILES string of the molecule is C=C(C(=O)O)C(C)(C)C#N. The lowest BCUT2D eigenvalue weighted by molar-refractivity contribution is -0.133. The number of rotatable bonds is 2. The summed E-state index contributed by atoms with van der Waals surface area (Å²) < 4.78 is 0. The molecule has 0 amide bonds. The van der Waals surface area contributed by atoms with E-state index in [9.17, 15) is 4.79 Å². The van der Waals surface area contributed by atoms with Gasteiger partial charge in [0.2, 0.25) is 0 Å². The van der Waals surface area contributed by atoms with Crippen LogP contribution >= 0.6 is 0 Å². The third-order valence-corrected chi connectivity index (χ3v) is 1.29. The molecule has 0 unspecified atom stereocenters. The van der Waals surface area contributed by atoms with E-state index in [2.05, 4.69) is 6.58 Å². The molecule has 0 aliphatic heterocycles. The zero-order valence-electron chi connectivity index (χ0n) is 6.01. The first-order valence-corrected chi connectivity index (χ1v) is 2.75.